The summed E-state index contributed by atoms with van der Waals surface area (Å²) in [7, 11) is 1.29. The molecule has 1 rings (SSSR count). The number of nitrogens with two attached hydrogens (primary N) is 1. The Morgan fingerprint density at radius 1 is 1.62 bits per heavy atom. The highest BCUT2D eigenvalue weighted by Gasteiger charge is 2.13. The van der Waals surface area contributed by atoms with Gasteiger partial charge in [0.25, 0.3) is 0 Å². The number of aromatic nitrogens is 1. The van der Waals surface area contributed by atoms with Gasteiger partial charge in [0.05, 0.1) is 18.4 Å². The first-order chi connectivity index (χ1) is 7.69. The highest BCUT2D eigenvalue weighted by molar-refractivity contribution is 8.00. The van der Waals surface area contributed by atoms with Gasteiger partial charge in [0.15, 0.2) is 0 Å². The molecule has 0 radical (unpaired) electrons. The third-order valence-electron chi connectivity index (χ3n) is 1.68. The van der Waals surface area contributed by atoms with E-state index in [0.29, 0.717) is 10.6 Å². The fourth-order valence-corrected chi connectivity index (χ4v) is 1.74. The number of hydrogen-bond donors (Lipinski definition) is 2. The minimum absolute atomic E-state index is 0.0947. The Morgan fingerprint density at radius 3 is 3.00 bits per heavy atom. The van der Waals surface area contributed by atoms with E-state index in [1.165, 1.54) is 13.3 Å². The molecule has 0 spiro atoms. The number of ether oxygens (including phenoxy) is 1. The largest absolute Gasteiger partial charge is 0.465 e. The van der Waals surface area contributed by atoms with E-state index in [4.69, 9.17) is 5.84 Å². The van der Waals surface area contributed by atoms with Gasteiger partial charge in [0, 0.05) is 6.20 Å². The van der Waals surface area contributed by atoms with Crippen LogP contribution in [-0.2, 0) is 9.53 Å². The topological polar surface area (TPSA) is 94.3 Å². The van der Waals surface area contributed by atoms with E-state index in [0.717, 1.165) is 11.8 Å². The molecule has 86 valence electrons. The van der Waals surface area contributed by atoms with E-state index in [1.54, 1.807) is 12.1 Å². The van der Waals surface area contributed by atoms with Crippen molar-refractivity contribution in [1.29, 1.82) is 0 Å². The minimum atomic E-state index is -0.483. The Labute approximate surface area is 96.5 Å². The lowest BCUT2D eigenvalue weighted by molar-refractivity contribution is -0.118. The molecule has 0 aliphatic carbocycles. The lowest BCUT2D eigenvalue weighted by atomic mass is 10.3. The van der Waals surface area contributed by atoms with Gasteiger partial charge < -0.3 is 4.74 Å². The molecule has 0 bridgehead atoms. The molecular weight excluding hydrogens is 230 g/mol. The van der Waals surface area contributed by atoms with Crippen molar-refractivity contribution in [3.8, 4) is 0 Å². The zero-order valence-electron chi connectivity index (χ0n) is 8.60. The van der Waals surface area contributed by atoms with Crippen molar-refractivity contribution in [2.24, 2.45) is 5.84 Å². The summed E-state index contributed by atoms with van der Waals surface area (Å²) in [4.78, 5) is 26.3. The summed E-state index contributed by atoms with van der Waals surface area (Å²) >= 11 is 1.12. The highest BCUT2D eigenvalue weighted by Crippen LogP contribution is 2.20. The van der Waals surface area contributed by atoms with Gasteiger partial charge >= 0.3 is 5.97 Å². The summed E-state index contributed by atoms with van der Waals surface area (Å²) in [6.07, 6.45) is 1.54. The molecule has 6 nitrogen and oxygen atoms in total. The summed E-state index contributed by atoms with van der Waals surface area (Å²) in [5.74, 6) is 4.21. The van der Waals surface area contributed by atoms with E-state index in [9.17, 15) is 9.59 Å². The number of hydrogen-bond acceptors (Lipinski definition) is 6. The lowest BCUT2D eigenvalue weighted by Gasteiger charge is -2.05. The van der Waals surface area contributed by atoms with Crippen LogP contribution in [0.25, 0.3) is 0 Å². The van der Waals surface area contributed by atoms with E-state index >= 15 is 0 Å². The van der Waals surface area contributed by atoms with Crippen LogP contribution in [-0.4, -0.2) is 29.7 Å². The average molecular weight is 241 g/mol. The molecule has 0 fully saturated rings. The molecule has 0 saturated heterocycles. The number of nitrogens with zero attached hydrogens (tertiary/aromatic N) is 1. The standard InChI is InChI=1S/C9H11N3O3S/c1-15-9(14)6-3-2-4-11-8(6)16-5-7(13)12-10/h2-4H,5,10H2,1H3,(H,12,13). The van der Waals surface area contributed by atoms with Crippen LogP contribution in [0.2, 0.25) is 0 Å². The van der Waals surface area contributed by atoms with Crippen LogP contribution in [0.1, 0.15) is 10.4 Å². The number of rotatable bonds is 4. The second-order valence-corrected chi connectivity index (χ2v) is 3.67. The number of hydrazine groups is 1. The second kappa shape index (κ2) is 6.09. The molecular formula is C9H11N3O3S. The fraction of sp³-hybridized carbons (Fsp3) is 0.222. The summed E-state index contributed by atoms with van der Waals surface area (Å²) < 4.78 is 4.59. The predicted molar refractivity (Wildman–Crippen MR) is 58.6 cm³/mol. The maximum absolute atomic E-state index is 11.3. The van der Waals surface area contributed by atoms with Gasteiger partial charge in [-0.25, -0.2) is 15.6 Å². The molecule has 1 heterocycles. The molecule has 16 heavy (non-hydrogen) atoms. The third-order valence-corrected chi connectivity index (χ3v) is 2.68. The summed E-state index contributed by atoms with van der Waals surface area (Å²) in [6.45, 7) is 0. The maximum atomic E-state index is 11.3. The van der Waals surface area contributed by atoms with E-state index in [2.05, 4.69) is 9.72 Å². The number of amides is 1. The Kier molecular flexibility index (Phi) is 4.74. The van der Waals surface area contributed by atoms with Crippen molar-refractivity contribution >= 4 is 23.6 Å². The zero-order chi connectivity index (χ0) is 12.0. The Balaban J connectivity index is 2.79. The Hall–Kier alpha value is -1.60. The van der Waals surface area contributed by atoms with Crippen LogP contribution in [0, 0.1) is 0 Å². The molecule has 0 aliphatic rings. The third kappa shape index (κ3) is 3.21. The highest BCUT2D eigenvalue weighted by atomic mass is 32.2. The normalized spacial score (nSPS) is 9.62. The quantitative estimate of drug-likeness (QED) is 0.252. The van der Waals surface area contributed by atoms with Gasteiger partial charge in [-0.1, -0.05) is 11.8 Å². The van der Waals surface area contributed by atoms with Crippen molar-refractivity contribution in [2.45, 2.75) is 5.03 Å². The predicted octanol–water partition coefficient (Wildman–Crippen LogP) is -0.0498. The monoisotopic (exact) mass is 241 g/mol. The van der Waals surface area contributed by atoms with Crippen LogP contribution >= 0.6 is 11.8 Å². The van der Waals surface area contributed by atoms with Crippen molar-refractivity contribution in [3.05, 3.63) is 23.9 Å². The van der Waals surface area contributed by atoms with E-state index < -0.39 is 5.97 Å². The number of methoxy groups -OCH3 is 1. The molecule has 7 heteroatoms. The lowest BCUT2D eigenvalue weighted by Crippen LogP contribution is -2.31. The first kappa shape index (κ1) is 12.5. The van der Waals surface area contributed by atoms with Crippen LogP contribution in [0.5, 0.6) is 0 Å². The number of pyridine rings is 1. The van der Waals surface area contributed by atoms with Gasteiger partial charge in [0.1, 0.15) is 5.03 Å². The second-order valence-electron chi connectivity index (χ2n) is 2.70. The first-order valence-corrected chi connectivity index (χ1v) is 5.33. The van der Waals surface area contributed by atoms with Gasteiger partial charge in [0.2, 0.25) is 5.91 Å². The Bertz CT molecular complexity index is 397. The molecule has 0 atom stereocenters. The van der Waals surface area contributed by atoms with Crippen LogP contribution in [0.3, 0.4) is 0 Å². The van der Waals surface area contributed by atoms with Crippen LogP contribution in [0.4, 0.5) is 0 Å². The molecule has 0 unspecified atom stereocenters. The molecule has 3 N–H and O–H groups in total. The van der Waals surface area contributed by atoms with Crippen LogP contribution < -0.4 is 11.3 Å². The summed E-state index contributed by atoms with van der Waals surface area (Å²) in [5.41, 5.74) is 2.33. The molecule has 1 amide bonds. The summed E-state index contributed by atoms with van der Waals surface area (Å²) in [6, 6.07) is 3.21. The molecule has 1 aromatic rings. The van der Waals surface area contributed by atoms with Crippen LogP contribution in [0.15, 0.2) is 23.4 Å². The first-order valence-electron chi connectivity index (χ1n) is 4.34. The number of carbonyl (C=O) groups excluding carboxylic acids is 2. The van der Waals surface area contributed by atoms with Crippen molar-refractivity contribution in [1.82, 2.24) is 10.4 Å². The number of thioether (sulfide) groups is 1. The minimum Gasteiger partial charge on any atom is -0.465 e. The SMILES string of the molecule is COC(=O)c1cccnc1SCC(=O)NN. The smallest absolute Gasteiger partial charge is 0.340 e. The number of esters is 1. The van der Waals surface area contributed by atoms with Gasteiger partial charge in [-0.3, -0.25) is 10.2 Å². The molecule has 0 aliphatic heterocycles. The van der Waals surface area contributed by atoms with Gasteiger partial charge in [-0.05, 0) is 12.1 Å². The Morgan fingerprint density at radius 2 is 2.38 bits per heavy atom. The van der Waals surface area contributed by atoms with E-state index in [1.807, 2.05) is 5.43 Å². The van der Waals surface area contributed by atoms with Gasteiger partial charge in [-0.2, -0.15) is 0 Å². The van der Waals surface area contributed by atoms with E-state index in [-0.39, 0.29) is 11.7 Å². The summed E-state index contributed by atoms with van der Waals surface area (Å²) in [5, 5.41) is 0.443. The fourth-order valence-electron chi connectivity index (χ4n) is 0.947. The maximum Gasteiger partial charge on any atom is 0.340 e. The zero-order valence-corrected chi connectivity index (χ0v) is 9.41. The number of carbonyl (C=O) groups is 2. The average Bonchev–Trinajstić information content (AvgIpc) is 2.35. The number of nitrogens with one attached hydrogen (secondary N) is 1. The molecule has 0 aromatic carbocycles. The van der Waals surface area contributed by atoms with Crippen molar-refractivity contribution in [2.75, 3.05) is 12.9 Å². The molecule has 1 aromatic heterocycles. The molecule has 0 saturated carbocycles. The van der Waals surface area contributed by atoms with Crippen molar-refractivity contribution in [3.63, 3.8) is 0 Å². The van der Waals surface area contributed by atoms with Gasteiger partial charge in [-0.15, -0.1) is 0 Å². The van der Waals surface area contributed by atoms with Crippen molar-refractivity contribution < 1.29 is 14.3 Å².